The summed E-state index contributed by atoms with van der Waals surface area (Å²) in [5.74, 6) is -1.89. The number of amides is 2. The zero-order valence-electron chi connectivity index (χ0n) is 16.1. The summed E-state index contributed by atoms with van der Waals surface area (Å²) in [4.78, 5) is 23.4. The maximum absolute atomic E-state index is 12.0. The van der Waals surface area contributed by atoms with Crippen molar-refractivity contribution in [1.29, 1.82) is 0 Å². The van der Waals surface area contributed by atoms with Crippen molar-refractivity contribution >= 4 is 23.4 Å². The van der Waals surface area contributed by atoms with E-state index in [-0.39, 0.29) is 36.0 Å². The van der Waals surface area contributed by atoms with Crippen LogP contribution in [0, 0.1) is 28.6 Å². The number of alkyl halides is 1. The third-order valence-corrected chi connectivity index (χ3v) is 7.90. The number of rotatable bonds is 3. The van der Waals surface area contributed by atoms with E-state index in [0.29, 0.717) is 18.4 Å². The lowest BCUT2D eigenvalue weighted by Crippen LogP contribution is -2.61. The molecule has 0 aromatic carbocycles. The Morgan fingerprint density at radius 2 is 1.93 bits per heavy atom. The second kappa shape index (κ2) is 6.83. The van der Waals surface area contributed by atoms with Gasteiger partial charge in [0.05, 0.1) is 29.6 Å². The van der Waals surface area contributed by atoms with Gasteiger partial charge in [0.2, 0.25) is 11.8 Å². The van der Waals surface area contributed by atoms with Crippen LogP contribution in [-0.2, 0) is 9.59 Å². The number of aliphatic hydroxyl groups is 3. The van der Waals surface area contributed by atoms with Gasteiger partial charge in [-0.3, -0.25) is 14.9 Å². The van der Waals surface area contributed by atoms with Crippen LogP contribution in [-0.4, -0.2) is 50.8 Å². The molecule has 1 heterocycles. The SMILES string of the molecule is C=C1[C@@H](O)C[C@H]2C(C)(C)[C@@H](O)[C@H](Cl)C[C@]2(C)[C@H]1C[C@H](O)[C@H]1CC(=O)NC1=O. The number of hydrogen-bond acceptors (Lipinski definition) is 5. The molecule has 0 radical (unpaired) electrons. The number of nitrogens with one attached hydrogen (secondary N) is 1. The zero-order chi connectivity index (χ0) is 20.3. The van der Waals surface area contributed by atoms with Crippen molar-refractivity contribution in [2.45, 2.75) is 70.1 Å². The Kier molecular flexibility index (Phi) is 5.26. The standard InChI is InChI=1S/C20H30ClNO5/c1-9-11(6-14(24)10-5-16(25)22-18(10)27)20(4)8-12(21)17(26)19(2,3)15(20)7-13(9)23/h10-15,17,23-24,26H,1,5-8H2,2-4H3,(H,22,25,27)/t10-,11+,12-,13+,14+,15+,17+,20-/m1/s1. The van der Waals surface area contributed by atoms with Gasteiger partial charge in [0.15, 0.2) is 0 Å². The van der Waals surface area contributed by atoms with E-state index >= 15 is 0 Å². The molecule has 0 bridgehead atoms. The smallest absolute Gasteiger partial charge is 0.232 e. The molecule has 6 nitrogen and oxygen atoms in total. The maximum Gasteiger partial charge on any atom is 0.232 e. The van der Waals surface area contributed by atoms with Gasteiger partial charge in [-0.1, -0.05) is 27.4 Å². The van der Waals surface area contributed by atoms with Crippen molar-refractivity contribution < 1.29 is 24.9 Å². The average molecular weight is 400 g/mol. The van der Waals surface area contributed by atoms with E-state index in [4.69, 9.17) is 11.6 Å². The van der Waals surface area contributed by atoms with Gasteiger partial charge in [-0.25, -0.2) is 0 Å². The first-order valence-corrected chi connectivity index (χ1v) is 10.0. The highest BCUT2D eigenvalue weighted by Gasteiger charge is 2.60. The van der Waals surface area contributed by atoms with Gasteiger partial charge in [0, 0.05) is 6.42 Å². The molecule has 7 heteroatoms. The van der Waals surface area contributed by atoms with Crippen LogP contribution >= 0.6 is 11.6 Å². The molecule has 3 rings (SSSR count). The van der Waals surface area contributed by atoms with Gasteiger partial charge in [-0.2, -0.15) is 0 Å². The summed E-state index contributed by atoms with van der Waals surface area (Å²) >= 11 is 6.50. The normalized spacial score (nSPS) is 45.4. The fourth-order valence-corrected chi connectivity index (χ4v) is 6.55. The summed E-state index contributed by atoms with van der Waals surface area (Å²) in [5, 5.41) is 33.8. The highest BCUT2D eigenvalue weighted by atomic mass is 35.5. The highest BCUT2D eigenvalue weighted by Crippen LogP contribution is 2.62. The van der Waals surface area contributed by atoms with Gasteiger partial charge < -0.3 is 15.3 Å². The Balaban J connectivity index is 1.91. The lowest BCUT2D eigenvalue weighted by molar-refractivity contribution is -0.145. The number of fused-ring (bicyclic) bond motifs is 1. The lowest BCUT2D eigenvalue weighted by atomic mass is 9.45. The minimum absolute atomic E-state index is 0.0215. The molecule has 0 spiro atoms. The molecule has 152 valence electrons. The number of imide groups is 1. The zero-order valence-corrected chi connectivity index (χ0v) is 16.9. The first-order valence-electron chi connectivity index (χ1n) is 9.60. The molecule has 27 heavy (non-hydrogen) atoms. The molecule has 3 fully saturated rings. The summed E-state index contributed by atoms with van der Waals surface area (Å²) < 4.78 is 0. The van der Waals surface area contributed by atoms with Gasteiger partial charge in [0.25, 0.3) is 0 Å². The third kappa shape index (κ3) is 3.24. The van der Waals surface area contributed by atoms with Crippen molar-refractivity contribution in [2.24, 2.45) is 28.6 Å². The largest absolute Gasteiger partial charge is 0.392 e. The Labute approximate surface area is 165 Å². The van der Waals surface area contributed by atoms with Crippen LogP contribution in [0.2, 0.25) is 0 Å². The molecule has 0 aromatic heterocycles. The first kappa shape index (κ1) is 20.8. The molecule has 8 atom stereocenters. The summed E-state index contributed by atoms with van der Waals surface area (Å²) in [6.07, 6.45) is -1.23. The number of carbonyl (C=O) groups excluding carboxylic acids is 2. The van der Waals surface area contributed by atoms with Gasteiger partial charge >= 0.3 is 0 Å². The lowest BCUT2D eigenvalue weighted by Gasteiger charge is -2.61. The van der Waals surface area contributed by atoms with Crippen LogP contribution in [0.4, 0.5) is 0 Å². The van der Waals surface area contributed by atoms with E-state index in [1.807, 2.05) is 13.8 Å². The molecule has 0 aromatic rings. The molecule has 2 amide bonds. The summed E-state index contributed by atoms with van der Waals surface area (Å²) in [7, 11) is 0. The van der Waals surface area contributed by atoms with Crippen molar-refractivity contribution in [2.75, 3.05) is 0 Å². The van der Waals surface area contributed by atoms with E-state index in [0.717, 1.165) is 0 Å². The van der Waals surface area contributed by atoms with Crippen LogP contribution in [0.15, 0.2) is 12.2 Å². The number of halogens is 1. The van der Waals surface area contributed by atoms with Crippen LogP contribution in [0.25, 0.3) is 0 Å². The van der Waals surface area contributed by atoms with Crippen molar-refractivity contribution in [3.05, 3.63) is 12.2 Å². The second-order valence-electron chi connectivity index (χ2n) is 9.45. The fourth-order valence-electron chi connectivity index (χ4n) is 5.90. The van der Waals surface area contributed by atoms with E-state index in [1.54, 1.807) is 0 Å². The van der Waals surface area contributed by atoms with Gasteiger partial charge in [-0.15, -0.1) is 11.6 Å². The molecular formula is C20H30ClNO5. The van der Waals surface area contributed by atoms with Crippen LogP contribution in [0.5, 0.6) is 0 Å². The monoisotopic (exact) mass is 399 g/mol. The van der Waals surface area contributed by atoms with Crippen molar-refractivity contribution in [3.8, 4) is 0 Å². The fraction of sp³-hybridized carbons (Fsp3) is 0.800. The molecule has 1 saturated heterocycles. The minimum Gasteiger partial charge on any atom is -0.392 e. The summed E-state index contributed by atoms with van der Waals surface area (Å²) in [6.45, 7) is 10.1. The molecule has 2 saturated carbocycles. The average Bonchev–Trinajstić information content (AvgIpc) is 2.91. The number of hydrogen-bond donors (Lipinski definition) is 4. The number of carbonyl (C=O) groups is 2. The molecule has 3 aliphatic rings. The Morgan fingerprint density at radius 1 is 1.30 bits per heavy atom. The molecular weight excluding hydrogens is 370 g/mol. The maximum atomic E-state index is 12.0. The van der Waals surface area contributed by atoms with Gasteiger partial charge in [0.1, 0.15) is 0 Å². The van der Waals surface area contributed by atoms with Gasteiger partial charge in [-0.05, 0) is 47.5 Å². The van der Waals surface area contributed by atoms with Crippen LogP contribution < -0.4 is 5.32 Å². The van der Waals surface area contributed by atoms with Crippen LogP contribution in [0.1, 0.15) is 46.5 Å². The summed E-state index contributed by atoms with van der Waals surface area (Å²) in [5.41, 5.74) is -0.259. The Morgan fingerprint density at radius 3 is 2.48 bits per heavy atom. The Hall–Kier alpha value is -0.950. The van der Waals surface area contributed by atoms with E-state index in [1.165, 1.54) is 0 Å². The number of aliphatic hydroxyl groups excluding tert-OH is 3. The molecule has 4 N–H and O–H groups in total. The topological polar surface area (TPSA) is 107 Å². The van der Waals surface area contributed by atoms with Crippen LogP contribution in [0.3, 0.4) is 0 Å². The predicted octanol–water partition coefficient (Wildman–Crippen LogP) is 1.36. The highest BCUT2D eigenvalue weighted by molar-refractivity contribution is 6.21. The summed E-state index contributed by atoms with van der Waals surface area (Å²) in [6, 6.07) is 0. The third-order valence-electron chi connectivity index (χ3n) is 7.51. The molecule has 2 aliphatic carbocycles. The first-order chi connectivity index (χ1) is 12.4. The van der Waals surface area contributed by atoms with Crippen molar-refractivity contribution in [3.63, 3.8) is 0 Å². The van der Waals surface area contributed by atoms with E-state index in [9.17, 15) is 24.9 Å². The molecule has 1 aliphatic heterocycles. The second-order valence-corrected chi connectivity index (χ2v) is 10.0. The Bertz CT molecular complexity index is 665. The van der Waals surface area contributed by atoms with Crippen molar-refractivity contribution in [1.82, 2.24) is 5.32 Å². The minimum atomic E-state index is -1.01. The predicted molar refractivity (Wildman–Crippen MR) is 101 cm³/mol. The van der Waals surface area contributed by atoms with E-state index < -0.39 is 40.9 Å². The molecule has 0 unspecified atom stereocenters. The quantitative estimate of drug-likeness (QED) is 0.325. The van der Waals surface area contributed by atoms with E-state index in [2.05, 4.69) is 18.8 Å².